The van der Waals surface area contributed by atoms with E-state index in [1.807, 2.05) is 36.4 Å². The highest BCUT2D eigenvalue weighted by Crippen LogP contribution is 2.18. The van der Waals surface area contributed by atoms with Gasteiger partial charge in [0, 0.05) is 15.6 Å². The topological polar surface area (TPSA) is 64.0 Å². The maximum absolute atomic E-state index is 13.0. The van der Waals surface area contributed by atoms with Crippen LogP contribution in [0.15, 0.2) is 88.1 Å². The van der Waals surface area contributed by atoms with Crippen LogP contribution < -0.4 is 11.0 Å². The van der Waals surface area contributed by atoms with Crippen molar-refractivity contribution in [3.63, 3.8) is 0 Å². The number of nitrogens with one attached hydrogen (secondary N) is 1. The monoisotopic (exact) mass is 419 g/mol. The lowest BCUT2D eigenvalue weighted by Crippen LogP contribution is -2.35. The van der Waals surface area contributed by atoms with Crippen LogP contribution in [-0.4, -0.2) is 15.6 Å². The fraction of sp³-hybridized carbons (Fsp3) is 0. The van der Waals surface area contributed by atoms with Crippen molar-refractivity contribution in [2.45, 2.75) is 0 Å². The van der Waals surface area contributed by atoms with E-state index in [4.69, 9.17) is 0 Å². The second-order valence-electron chi connectivity index (χ2n) is 5.91. The summed E-state index contributed by atoms with van der Waals surface area (Å²) in [4.78, 5) is 30.3. The fourth-order valence-electron chi connectivity index (χ4n) is 2.78. The molecule has 1 heterocycles. The Balaban J connectivity index is 1.87. The van der Waals surface area contributed by atoms with Crippen LogP contribution in [0.25, 0.3) is 22.3 Å². The lowest BCUT2D eigenvalue weighted by Gasteiger charge is -2.14. The second-order valence-corrected chi connectivity index (χ2v) is 6.82. The average molecular weight is 420 g/mol. The number of nitrogens with zero attached hydrogens (tertiary/aromatic N) is 2. The Morgan fingerprint density at radius 3 is 2.30 bits per heavy atom. The summed E-state index contributed by atoms with van der Waals surface area (Å²) in [7, 11) is 0. The zero-order chi connectivity index (χ0) is 18.8. The molecule has 132 valence electrons. The molecule has 0 saturated carbocycles. The molecule has 0 spiro atoms. The third-order valence-electron chi connectivity index (χ3n) is 4.13. The lowest BCUT2D eigenvalue weighted by atomic mass is 10.2. The minimum absolute atomic E-state index is 0.329. The van der Waals surface area contributed by atoms with Gasteiger partial charge in [-0.3, -0.25) is 15.0 Å². The number of rotatable bonds is 3. The molecule has 0 unspecified atom stereocenters. The number of para-hydroxylation sites is 1. The molecule has 0 saturated heterocycles. The van der Waals surface area contributed by atoms with Crippen molar-refractivity contribution >= 4 is 32.7 Å². The summed E-state index contributed by atoms with van der Waals surface area (Å²) < 4.78 is 2.08. The first-order valence-corrected chi connectivity index (χ1v) is 9.07. The average Bonchev–Trinajstić information content (AvgIpc) is 2.71. The normalized spacial score (nSPS) is 10.7. The quantitative estimate of drug-likeness (QED) is 0.540. The van der Waals surface area contributed by atoms with E-state index in [0.717, 1.165) is 10.0 Å². The Kier molecular flexibility index (Phi) is 4.56. The smallest absolute Gasteiger partial charge is 0.267 e. The van der Waals surface area contributed by atoms with Crippen LogP contribution in [0.4, 0.5) is 0 Å². The van der Waals surface area contributed by atoms with E-state index in [2.05, 4.69) is 26.3 Å². The molecule has 3 aromatic carbocycles. The van der Waals surface area contributed by atoms with Crippen LogP contribution in [-0.2, 0) is 0 Å². The van der Waals surface area contributed by atoms with Crippen molar-refractivity contribution in [3.05, 3.63) is 99.3 Å². The second kappa shape index (κ2) is 7.17. The molecule has 0 radical (unpaired) electrons. The molecule has 4 aromatic rings. The highest BCUT2D eigenvalue weighted by atomic mass is 79.9. The third-order valence-corrected chi connectivity index (χ3v) is 4.66. The first kappa shape index (κ1) is 17.2. The van der Waals surface area contributed by atoms with Crippen molar-refractivity contribution in [2.75, 3.05) is 5.43 Å². The third kappa shape index (κ3) is 3.39. The van der Waals surface area contributed by atoms with Gasteiger partial charge in [0.2, 0.25) is 0 Å². The highest BCUT2D eigenvalue weighted by molar-refractivity contribution is 9.10. The van der Waals surface area contributed by atoms with Gasteiger partial charge in [-0.25, -0.2) is 4.98 Å². The SMILES string of the molecule is O=C(Nn1c(-c2ccccc2)nc2ccccc2c1=O)c1ccc(Br)cc1. The summed E-state index contributed by atoms with van der Waals surface area (Å²) in [6.45, 7) is 0. The molecule has 0 bridgehead atoms. The number of hydrogen-bond donors (Lipinski definition) is 1. The molecule has 0 aliphatic heterocycles. The number of carbonyl (C=O) groups is 1. The maximum atomic E-state index is 13.0. The van der Waals surface area contributed by atoms with Crippen LogP contribution in [0.5, 0.6) is 0 Å². The van der Waals surface area contributed by atoms with Gasteiger partial charge in [0.1, 0.15) is 0 Å². The van der Waals surface area contributed by atoms with Gasteiger partial charge < -0.3 is 0 Å². The van der Waals surface area contributed by atoms with Gasteiger partial charge in [-0.1, -0.05) is 58.4 Å². The molecule has 1 aromatic heterocycles. The van der Waals surface area contributed by atoms with E-state index in [9.17, 15) is 9.59 Å². The van der Waals surface area contributed by atoms with Gasteiger partial charge in [0.05, 0.1) is 10.9 Å². The Morgan fingerprint density at radius 1 is 0.889 bits per heavy atom. The minimum atomic E-state index is -0.390. The van der Waals surface area contributed by atoms with Crippen LogP contribution in [0, 0.1) is 0 Å². The van der Waals surface area contributed by atoms with Gasteiger partial charge in [-0.05, 0) is 36.4 Å². The summed E-state index contributed by atoms with van der Waals surface area (Å²) in [5.41, 5.74) is 4.12. The predicted octanol–water partition coefficient (Wildman–Crippen LogP) is 4.21. The van der Waals surface area contributed by atoms with Gasteiger partial charge in [0.25, 0.3) is 11.5 Å². The zero-order valence-electron chi connectivity index (χ0n) is 14.1. The van der Waals surface area contributed by atoms with E-state index in [-0.39, 0.29) is 11.5 Å². The number of fused-ring (bicyclic) bond motifs is 1. The van der Waals surface area contributed by atoms with Gasteiger partial charge in [0.15, 0.2) is 5.82 Å². The molecule has 5 nitrogen and oxygen atoms in total. The molecule has 27 heavy (non-hydrogen) atoms. The maximum Gasteiger partial charge on any atom is 0.280 e. The van der Waals surface area contributed by atoms with Crippen molar-refractivity contribution in [1.82, 2.24) is 9.66 Å². The molecule has 0 aliphatic carbocycles. The van der Waals surface area contributed by atoms with Gasteiger partial charge in [-0.15, -0.1) is 0 Å². The molecular formula is C21H14BrN3O2. The van der Waals surface area contributed by atoms with E-state index in [1.165, 1.54) is 4.68 Å². The standard InChI is InChI=1S/C21H14BrN3O2/c22-16-12-10-15(11-13-16)20(26)24-25-19(14-6-2-1-3-7-14)23-18-9-5-4-8-17(18)21(25)27/h1-13H,(H,24,26). The summed E-state index contributed by atoms with van der Waals surface area (Å²) in [6, 6.07) is 23.3. The van der Waals surface area contributed by atoms with Gasteiger partial charge >= 0.3 is 0 Å². The summed E-state index contributed by atoms with van der Waals surface area (Å²) in [5.74, 6) is -0.0105. The lowest BCUT2D eigenvalue weighted by molar-refractivity contribution is 0.101. The van der Waals surface area contributed by atoms with Crippen LogP contribution in [0.3, 0.4) is 0 Å². The Labute approximate surface area is 163 Å². The summed E-state index contributed by atoms with van der Waals surface area (Å²) in [5, 5.41) is 0.438. The molecule has 0 atom stereocenters. The Bertz CT molecular complexity index is 1190. The number of carbonyl (C=O) groups excluding carboxylic acids is 1. The van der Waals surface area contributed by atoms with Crippen molar-refractivity contribution in [3.8, 4) is 11.4 Å². The molecule has 1 amide bonds. The fourth-order valence-corrected chi connectivity index (χ4v) is 3.05. The molecule has 0 fully saturated rings. The zero-order valence-corrected chi connectivity index (χ0v) is 15.7. The number of hydrogen-bond acceptors (Lipinski definition) is 3. The van der Waals surface area contributed by atoms with E-state index in [0.29, 0.717) is 22.3 Å². The van der Waals surface area contributed by atoms with Crippen molar-refractivity contribution < 1.29 is 4.79 Å². The molecule has 1 N–H and O–H groups in total. The molecular weight excluding hydrogens is 406 g/mol. The number of benzene rings is 3. The van der Waals surface area contributed by atoms with Crippen LogP contribution >= 0.6 is 15.9 Å². The first-order valence-electron chi connectivity index (χ1n) is 8.27. The van der Waals surface area contributed by atoms with Crippen LogP contribution in [0.2, 0.25) is 0 Å². The highest BCUT2D eigenvalue weighted by Gasteiger charge is 2.15. The van der Waals surface area contributed by atoms with E-state index < -0.39 is 0 Å². The largest absolute Gasteiger partial charge is 0.280 e. The van der Waals surface area contributed by atoms with E-state index in [1.54, 1.807) is 42.5 Å². The summed E-state index contributed by atoms with van der Waals surface area (Å²) >= 11 is 3.35. The van der Waals surface area contributed by atoms with E-state index >= 15 is 0 Å². The Morgan fingerprint density at radius 2 is 1.56 bits per heavy atom. The number of amides is 1. The minimum Gasteiger partial charge on any atom is -0.267 e. The summed E-state index contributed by atoms with van der Waals surface area (Å²) in [6.07, 6.45) is 0. The molecule has 4 rings (SSSR count). The van der Waals surface area contributed by atoms with Crippen LogP contribution in [0.1, 0.15) is 10.4 Å². The van der Waals surface area contributed by atoms with Gasteiger partial charge in [-0.2, -0.15) is 4.68 Å². The van der Waals surface area contributed by atoms with Crippen molar-refractivity contribution in [1.29, 1.82) is 0 Å². The predicted molar refractivity (Wildman–Crippen MR) is 109 cm³/mol. The van der Waals surface area contributed by atoms with Crippen molar-refractivity contribution in [2.24, 2.45) is 0 Å². The number of aromatic nitrogens is 2. The molecule has 6 heteroatoms. The number of halogens is 1. The first-order chi connectivity index (χ1) is 13.1. The molecule has 0 aliphatic rings. The Hall–Kier alpha value is -3.25.